The van der Waals surface area contributed by atoms with Crippen molar-refractivity contribution >= 4 is 0 Å². The zero-order valence-electron chi connectivity index (χ0n) is 9.84. The van der Waals surface area contributed by atoms with Crippen LogP contribution in [-0.4, -0.2) is 26.3 Å². The number of rotatable bonds is 6. The summed E-state index contributed by atoms with van der Waals surface area (Å²) in [5.41, 5.74) is 0. The molecule has 0 aromatic rings. The van der Waals surface area contributed by atoms with Crippen molar-refractivity contribution in [3.05, 3.63) is 0 Å². The average Bonchev–Trinajstić information content (AvgIpc) is 2.22. The second kappa shape index (κ2) is 6.49. The summed E-state index contributed by atoms with van der Waals surface area (Å²) >= 11 is 0. The van der Waals surface area contributed by atoms with Gasteiger partial charge in [0.2, 0.25) is 0 Å². The van der Waals surface area contributed by atoms with Crippen LogP contribution in [0.2, 0.25) is 0 Å². The van der Waals surface area contributed by atoms with E-state index >= 15 is 0 Å². The minimum atomic E-state index is 0.926. The maximum atomic E-state index is 5.72. The van der Waals surface area contributed by atoms with Crippen molar-refractivity contribution in [1.82, 2.24) is 5.32 Å². The molecule has 2 nitrogen and oxygen atoms in total. The maximum Gasteiger partial charge on any atom is 0.0468 e. The SMILES string of the molecule is C1CC(CCOCCC2CCNCC2)C1. The first-order chi connectivity index (χ1) is 7.45. The fourth-order valence-corrected chi connectivity index (χ4v) is 2.55. The lowest BCUT2D eigenvalue weighted by molar-refractivity contribution is 0.0924. The molecule has 0 bridgehead atoms. The smallest absolute Gasteiger partial charge is 0.0468 e. The van der Waals surface area contributed by atoms with Gasteiger partial charge in [0, 0.05) is 13.2 Å². The highest BCUT2D eigenvalue weighted by atomic mass is 16.5. The molecule has 2 heteroatoms. The van der Waals surface area contributed by atoms with Gasteiger partial charge in [0.25, 0.3) is 0 Å². The van der Waals surface area contributed by atoms with Gasteiger partial charge in [0.1, 0.15) is 0 Å². The van der Waals surface area contributed by atoms with Crippen LogP contribution in [0.5, 0.6) is 0 Å². The highest BCUT2D eigenvalue weighted by molar-refractivity contribution is 4.69. The van der Waals surface area contributed by atoms with Crippen LogP contribution in [0.4, 0.5) is 0 Å². The summed E-state index contributed by atoms with van der Waals surface area (Å²) in [6.07, 6.45) is 9.67. The molecule has 1 N–H and O–H groups in total. The van der Waals surface area contributed by atoms with Gasteiger partial charge >= 0.3 is 0 Å². The monoisotopic (exact) mass is 211 g/mol. The maximum absolute atomic E-state index is 5.72. The Morgan fingerprint density at radius 3 is 2.00 bits per heavy atom. The Morgan fingerprint density at radius 1 is 0.867 bits per heavy atom. The van der Waals surface area contributed by atoms with Crippen LogP contribution in [0.1, 0.15) is 44.9 Å². The van der Waals surface area contributed by atoms with Crippen LogP contribution in [0, 0.1) is 11.8 Å². The standard InChI is InChI=1S/C13H25NO/c1-2-12(3-1)6-10-15-11-7-13-4-8-14-9-5-13/h12-14H,1-11H2. The summed E-state index contributed by atoms with van der Waals surface area (Å²) in [5, 5.41) is 3.41. The summed E-state index contributed by atoms with van der Waals surface area (Å²) in [4.78, 5) is 0. The van der Waals surface area contributed by atoms with Crippen LogP contribution in [-0.2, 0) is 4.74 Å². The molecule has 0 atom stereocenters. The van der Waals surface area contributed by atoms with Crippen LogP contribution >= 0.6 is 0 Å². The molecule has 0 aromatic heterocycles. The molecule has 1 aliphatic heterocycles. The summed E-state index contributed by atoms with van der Waals surface area (Å²) < 4.78 is 5.72. The lowest BCUT2D eigenvalue weighted by Crippen LogP contribution is -2.28. The minimum Gasteiger partial charge on any atom is -0.381 e. The molecule has 0 amide bonds. The van der Waals surface area contributed by atoms with Crippen molar-refractivity contribution in [2.75, 3.05) is 26.3 Å². The fraction of sp³-hybridized carbons (Fsp3) is 1.00. The second-order valence-corrected chi connectivity index (χ2v) is 5.18. The van der Waals surface area contributed by atoms with E-state index < -0.39 is 0 Å². The average molecular weight is 211 g/mol. The van der Waals surface area contributed by atoms with Crippen molar-refractivity contribution in [3.63, 3.8) is 0 Å². The first-order valence-electron chi connectivity index (χ1n) is 6.73. The third kappa shape index (κ3) is 4.12. The zero-order chi connectivity index (χ0) is 10.3. The summed E-state index contributed by atoms with van der Waals surface area (Å²) in [7, 11) is 0. The normalized spacial score (nSPS) is 24.0. The molecule has 15 heavy (non-hydrogen) atoms. The van der Waals surface area contributed by atoms with E-state index in [1.54, 1.807) is 0 Å². The van der Waals surface area contributed by atoms with E-state index in [0.29, 0.717) is 0 Å². The fourth-order valence-electron chi connectivity index (χ4n) is 2.55. The van der Waals surface area contributed by atoms with Gasteiger partial charge < -0.3 is 10.1 Å². The van der Waals surface area contributed by atoms with Gasteiger partial charge in [-0.1, -0.05) is 19.3 Å². The van der Waals surface area contributed by atoms with Gasteiger partial charge in [-0.25, -0.2) is 0 Å². The molecule has 0 aromatic carbocycles. The van der Waals surface area contributed by atoms with Crippen LogP contribution in [0.3, 0.4) is 0 Å². The number of nitrogens with one attached hydrogen (secondary N) is 1. The van der Waals surface area contributed by atoms with Gasteiger partial charge in [-0.15, -0.1) is 0 Å². The van der Waals surface area contributed by atoms with Crippen molar-refractivity contribution in [3.8, 4) is 0 Å². The topological polar surface area (TPSA) is 21.3 Å². The second-order valence-electron chi connectivity index (χ2n) is 5.18. The molecule has 1 saturated carbocycles. The Morgan fingerprint density at radius 2 is 1.47 bits per heavy atom. The number of piperidine rings is 1. The molecule has 1 aliphatic carbocycles. The lowest BCUT2D eigenvalue weighted by atomic mass is 9.83. The third-order valence-corrected chi connectivity index (χ3v) is 4.02. The molecule has 2 fully saturated rings. The predicted octanol–water partition coefficient (Wildman–Crippen LogP) is 2.58. The van der Waals surface area contributed by atoms with E-state index in [4.69, 9.17) is 4.74 Å². The number of hydrogen-bond acceptors (Lipinski definition) is 2. The lowest BCUT2D eigenvalue weighted by Gasteiger charge is -2.25. The first kappa shape index (κ1) is 11.4. The molecular formula is C13H25NO. The van der Waals surface area contributed by atoms with E-state index in [-0.39, 0.29) is 0 Å². The molecule has 0 radical (unpaired) electrons. The minimum absolute atomic E-state index is 0.926. The Balaban J connectivity index is 1.40. The first-order valence-corrected chi connectivity index (χ1v) is 6.73. The summed E-state index contributed by atoms with van der Waals surface area (Å²) in [6, 6.07) is 0. The van der Waals surface area contributed by atoms with E-state index in [9.17, 15) is 0 Å². The van der Waals surface area contributed by atoms with Gasteiger partial charge in [-0.05, 0) is 50.6 Å². The Bertz CT molecular complexity index is 162. The molecule has 0 spiro atoms. The van der Waals surface area contributed by atoms with Crippen LogP contribution < -0.4 is 5.32 Å². The third-order valence-electron chi connectivity index (χ3n) is 4.02. The Labute approximate surface area is 93.8 Å². The highest BCUT2D eigenvalue weighted by Gasteiger charge is 2.17. The Kier molecular flexibility index (Phi) is 4.94. The van der Waals surface area contributed by atoms with Crippen molar-refractivity contribution in [1.29, 1.82) is 0 Å². The quantitative estimate of drug-likeness (QED) is 0.682. The van der Waals surface area contributed by atoms with E-state index in [0.717, 1.165) is 25.0 Å². The molecule has 1 saturated heterocycles. The highest BCUT2D eigenvalue weighted by Crippen LogP contribution is 2.29. The van der Waals surface area contributed by atoms with Crippen LogP contribution in [0.15, 0.2) is 0 Å². The molecular weight excluding hydrogens is 186 g/mol. The molecule has 88 valence electrons. The molecule has 2 rings (SSSR count). The van der Waals surface area contributed by atoms with E-state index in [1.165, 1.54) is 58.0 Å². The number of ether oxygens (including phenoxy) is 1. The van der Waals surface area contributed by atoms with Gasteiger partial charge in [-0.3, -0.25) is 0 Å². The van der Waals surface area contributed by atoms with Crippen molar-refractivity contribution in [2.45, 2.75) is 44.9 Å². The molecule has 2 aliphatic rings. The molecule has 1 heterocycles. The predicted molar refractivity (Wildman–Crippen MR) is 63.0 cm³/mol. The summed E-state index contributed by atoms with van der Waals surface area (Å²) in [6.45, 7) is 4.44. The van der Waals surface area contributed by atoms with Crippen LogP contribution in [0.25, 0.3) is 0 Å². The van der Waals surface area contributed by atoms with Gasteiger partial charge in [0.05, 0.1) is 0 Å². The largest absolute Gasteiger partial charge is 0.381 e. The number of hydrogen-bond donors (Lipinski definition) is 1. The van der Waals surface area contributed by atoms with E-state index in [2.05, 4.69) is 5.32 Å². The Hall–Kier alpha value is -0.0800. The molecule has 0 unspecified atom stereocenters. The summed E-state index contributed by atoms with van der Waals surface area (Å²) in [5.74, 6) is 1.93. The van der Waals surface area contributed by atoms with Crippen molar-refractivity contribution < 1.29 is 4.74 Å². The van der Waals surface area contributed by atoms with E-state index in [1.807, 2.05) is 0 Å². The van der Waals surface area contributed by atoms with Crippen molar-refractivity contribution in [2.24, 2.45) is 11.8 Å². The van der Waals surface area contributed by atoms with Gasteiger partial charge in [0.15, 0.2) is 0 Å². The van der Waals surface area contributed by atoms with Gasteiger partial charge in [-0.2, -0.15) is 0 Å². The zero-order valence-corrected chi connectivity index (χ0v) is 9.84.